The minimum Gasteiger partial charge on any atom is -0.337 e. The van der Waals surface area contributed by atoms with Crippen LogP contribution in [-0.2, 0) is 17.8 Å². The van der Waals surface area contributed by atoms with E-state index in [9.17, 15) is 13.6 Å². The van der Waals surface area contributed by atoms with Gasteiger partial charge in [0.1, 0.15) is 6.04 Å². The molecule has 0 unspecified atom stereocenters. The molecule has 1 atom stereocenters. The van der Waals surface area contributed by atoms with Gasteiger partial charge in [0.2, 0.25) is 11.8 Å². The first-order chi connectivity index (χ1) is 11.8. The van der Waals surface area contributed by atoms with Crippen LogP contribution in [0.1, 0.15) is 48.9 Å². The molecule has 0 radical (unpaired) electrons. The monoisotopic (exact) mass is 353 g/mol. The number of aromatic nitrogens is 4. The Morgan fingerprint density at radius 3 is 2.80 bits per heavy atom. The molecule has 3 rings (SSSR count). The van der Waals surface area contributed by atoms with Crippen LogP contribution in [0, 0.1) is 13.8 Å². The summed E-state index contributed by atoms with van der Waals surface area (Å²) in [6.45, 7) is 5.31. The molecule has 1 aliphatic rings. The molecule has 1 amide bonds. The maximum atomic E-state index is 13.9. The second-order valence-electron chi connectivity index (χ2n) is 6.40. The average Bonchev–Trinajstić information content (AvgIpc) is 3.22. The van der Waals surface area contributed by atoms with Gasteiger partial charge in [-0.2, -0.15) is 10.1 Å². The van der Waals surface area contributed by atoms with E-state index >= 15 is 0 Å². The highest BCUT2D eigenvalue weighted by Gasteiger charge is 2.49. The molecule has 0 aromatic carbocycles. The minimum absolute atomic E-state index is 0.0773. The third kappa shape index (κ3) is 3.69. The fourth-order valence-corrected chi connectivity index (χ4v) is 3.09. The molecule has 1 saturated heterocycles. The molecule has 7 nitrogen and oxygen atoms in total. The molecule has 9 heteroatoms. The van der Waals surface area contributed by atoms with Gasteiger partial charge in [-0.05, 0) is 19.9 Å². The summed E-state index contributed by atoms with van der Waals surface area (Å²) in [4.78, 5) is 17.8. The van der Waals surface area contributed by atoms with Gasteiger partial charge in [0.25, 0.3) is 5.92 Å². The van der Waals surface area contributed by atoms with Gasteiger partial charge in [0.05, 0.1) is 12.2 Å². The minimum atomic E-state index is -2.96. The van der Waals surface area contributed by atoms with Crippen molar-refractivity contribution in [2.75, 3.05) is 6.54 Å². The largest absolute Gasteiger partial charge is 0.337 e. The number of carbonyl (C=O) groups excluding carboxylic acids is 1. The highest BCUT2D eigenvalue weighted by atomic mass is 19.3. The van der Waals surface area contributed by atoms with E-state index in [-0.39, 0.29) is 18.2 Å². The van der Waals surface area contributed by atoms with Crippen molar-refractivity contribution in [3.63, 3.8) is 0 Å². The topological polar surface area (TPSA) is 77.0 Å². The normalized spacial score (nSPS) is 19.6. The highest BCUT2D eigenvalue weighted by molar-refractivity contribution is 5.77. The lowest BCUT2D eigenvalue weighted by molar-refractivity contribution is -0.134. The molecule has 0 spiro atoms. The number of likely N-dealkylation sites (tertiary alicyclic amines) is 1. The molecule has 0 aliphatic carbocycles. The van der Waals surface area contributed by atoms with Crippen molar-refractivity contribution < 1.29 is 18.1 Å². The summed E-state index contributed by atoms with van der Waals surface area (Å²) in [5, 5.41) is 8.03. The van der Waals surface area contributed by atoms with Crippen molar-refractivity contribution in [1.29, 1.82) is 0 Å². The number of rotatable bonds is 5. The highest BCUT2D eigenvalue weighted by Crippen LogP contribution is 2.40. The third-order valence-electron chi connectivity index (χ3n) is 4.32. The molecule has 0 saturated carbocycles. The van der Waals surface area contributed by atoms with E-state index in [4.69, 9.17) is 4.52 Å². The number of carbonyl (C=O) groups is 1. The van der Waals surface area contributed by atoms with E-state index in [2.05, 4.69) is 15.2 Å². The molecular weight excluding hydrogens is 332 g/mol. The molecule has 0 N–H and O–H groups in total. The number of alkyl halides is 2. The lowest BCUT2D eigenvalue weighted by atomic mass is 10.2. The van der Waals surface area contributed by atoms with Crippen molar-refractivity contribution in [3.05, 3.63) is 29.2 Å². The molecule has 1 fully saturated rings. The standard InChI is InChI=1S/C16H21F2N5O2/c1-4-13-19-15(25-21-13)12-8-16(17,18)9-22(12)14(24)5-6-23-11(3)7-10(2)20-23/h7,12H,4-6,8-9H2,1-3H3/t12-/m0/s1. The zero-order valence-corrected chi connectivity index (χ0v) is 14.5. The SMILES string of the molecule is CCc1noc([C@@H]2CC(F)(F)CN2C(=O)CCn2nc(C)cc2C)n1. The Kier molecular flexibility index (Phi) is 4.57. The Labute approximate surface area is 144 Å². The van der Waals surface area contributed by atoms with Crippen molar-refractivity contribution in [2.24, 2.45) is 0 Å². The predicted molar refractivity (Wildman–Crippen MR) is 84.0 cm³/mol. The van der Waals surface area contributed by atoms with Crippen LogP contribution in [0.2, 0.25) is 0 Å². The van der Waals surface area contributed by atoms with Crippen LogP contribution in [0.5, 0.6) is 0 Å². The summed E-state index contributed by atoms with van der Waals surface area (Å²) in [6, 6.07) is 1.03. The van der Waals surface area contributed by atoms with Gasteiger partial charge in [-0.25, -0.2) is 8.78 Å². The Balaban J connectivity index is 1.73. The molecule has 3 heterocycles. The number of hydrogen-bond donors (Lipinski definition) is 0. The van der Waals surface area contributed by atoms with Gasteiger partial charge in [0, 0.05) is 31.5 Å². The van der Waals surface area contributed by atoms with Crippen molar-refractivity contribution in [3.8, 4) is 0 Å². The molecule has 1 aliphatic heterocycles. The first-order valence-electron chi connectivity index (χ1n) is 8.30. The van der Waals surface area contributed by atoms with E-state index in [1.165, 1.54) is 0 Å². The average molecular weight is 353 g/mol. The number of nitrogens with zero attached hydrogens (tertiary/aromatic N) is 5. The Hall–Kier alpha value is -2.32. The van der Waals surface area contributed by atoms with Crippen LogP contribution >= 0.6 is 0 Å². The van der Waals surface area contributed by atoms with E-state index in [1.807, 2.05) is 26.8 Å². The molecule has 2 aromatic heterocycles. The van der Waals surface area contributed by atoms with Crippen molar-refractivity contribution in [2.45, 2.75) is 58.5 Å². The zero-order valence-electron chi connectivity index (χ0n) is 14.5. The first kappa shape index (κ1) is 17.5. The summed E-state index contributed by atoms with van der Waals surface area (Å²) in [5.74, 6) is -2.81. The maximum Gasteiger partial charge on any atom is 0.267 e. The van der Waals surface area contributed by atoms with Gasteiger partial charge >= 0.3 is 0 Å². The van der Waals surface area contributed by atoms with Crippen LogP contribution in [0.3, 0.4) is 0 Å². The smallest absolute Gasteiger partial charge is 0.267 e. The second kappa shape index (κ2) is 6.53. The van der Waals surface area contributed by atoms with Gasteiger partial charge in [0.15, 0.2) is 5.82 Å². The van der Waals surface area contributed by atoms with Gasteiger partial charge in [-0.3, -0.25) is 9.48 Å². The first-order valence-corrected chi connectivity index (χ1v) is 8.30. The fraction of sp³-hybridized carbons (Fsp3) is 0.625. The number of amides is 1. The van der Waals surface area contributed by atoms with Crippen LogP contribution in [0.15, 0.2) is 10.6 Å². The maximum absolute atomic E-state index is 13.9. The van der Waals surface area contributed by atoms with E-state index in [0.717, 1.165) is 16.3 Å². The van der Waals surface area contributed by atoms with Gasteiger partial charge < -0.3 is 9.42 Å². The van der Waals surface area contributed by atoms with Crippen molar-refractivity contribution in [1.82, 2.24) is 24.8 Å². The Morgan fingerprint density at radius 1 is 1.44 bits per heavy atom. The van der Waals surface area contributed by atoms with E-state index in [1.54, 1.807) is 4.68 Å². The van der Waals surface area contributed by atoms with Crippen LogP contribution in [0.25, 0.3) is 0 Å². The number of halogens is 2. The van der Waals surface area contributed by atoms with Crippen LogP contribution in [-0.4, -0.2) is 43.2 Å². The van der Waals surface area contributed by atoms with Crippen molar-refractivity contribution >= 4 is 5.91 Å². The summed E-state index contributed by atoms with van der Waals surface area (Å²) >= 11 is 0. The van der Waals surface area contributed by atoms with Gasteiger partial charge in [-0.1, -0.05) is 12.1 Å². The Morgan fingerprint density at radius 2 is 2.20 bits per heavy atom. The van der Waals surface area contributed by atoms with Gasteiger partial charge in [-0.15, -0.1) is 0 Å². The molecule has 0 bridgehead atoms. The summed E-state index contributed by atoms with van der Waals surface area (Å²) < 4.78 is 34.6. The molecule has 136 valence electrons. The number of hydrogen-bond acceptors (Lipinski definition) is 5. The van der Waals surface area contributed by atoms with E-state index < -0.39 is 24.9 Å². The second-order valence-corrected chi connectivity index (χ2v) is 6.40. The quantitative estimate of drug-likeness (QED) is 0.825. The third-order valence-corrected chi connectivity index (χ3v) is 4.32. The van der Waals surface area contributed by atoms with Crippen LogP contribution in [0.4, 0.5) is 8.78 Å². The summed E-state index contributed by atoms with van der Waals surface area (Å²) in [5.41, 5.74) is 1.78. The number of aryl methyl sites for hydroxylation is 4. The molecule has 25 heavy (non-hydrogen) atoms. The lowest BCUT2D eigenvalue weighted by Gasteiger charge is -2.21. The zero-order chi connectivity index (χ0) is 18.2. The molecule has 2 aromatic rings. The Bertz CT molecular complexity index is 770. The molecular formula is C16H21F2N5O2. The summed E-state index contributed by atoms with van der Waals surface area (Å²) in [6.07, 6.45) is 0.131. The summed E-state index contributed by atoms with van der Waals surface area (Å²) in [7, 11) is 0. The lowest BCUT2D eigenvalue weighted by Crippen LogP contribution is -2.33. The van der Waals surface area contributed by atoms with Crippen LogP contribution < -0.4 is 0 Å². The predicted octanol–water partition coefficient (Wildman–Crippen LogP) is 2.44. The van der Waals surface area contributed by atoms with E-state index in [0.29, 0.717) is 18.8 Å². The fourth-order valence-electron chi connectivity index (χ4n) is 3.09.